The van der Waals surface area contributed by atoms with Gasteiger partial charge in [-0.05, 0) is 17.7 Å². The summed E-state index contributed by atoms with van der Waals surface area (Å²) < 4.78 is 4.72. The average molecular weight is 448 g/mol. The smallest absolute Gasteiger partial charge is 0.337 e. The Labute approximate surface area is 186 Å². The van der Waals surface area contributed by atoms with E-state index in [1.165, 1.54) is 31.0 Å². The van der Waals surface area contributed by atoms with Gasteiger partial charge in [-0.15, -0.1) is 0 Å². The normalized spacial score (nSPS) is 19.5. The first-order valence-electron chi connectivity index (χ1n) is 9.83. The number of allylic oxidation sites excluding steroid dienone is 2. The number of benzene rings is 2. The minimum Gasteiger partial charge on any atom is -0.465 e. The van der Waals surface area contributed by atoms with Gasteiger partial charge in [0.2, 0.25) is 5.78 Å². The van der Waals surface area contributed by atoms with E-state index in [-0.39, 0.29) is 33.9 Å². The highest BCUT2D eigenvalue weighted by atomic mass is 32.2. The van der Waals surface area contributed by atoms with Gasteiger partial charge in [0, 0.05) is 29.0 Å². The van der Waals surface area contributed by atoms with Gasteiger partial charge in [-0.2, -0.15) is 0 Å². The van der Waals surface area contributed by atoms with Gasteiger partial charge in [0.1, 0.15) is 5.92 Å². The van der Waals surface area contributed by atoms with Crippen LogP contribution < -0.4 is 0 Å². The molecule has 1 saturated heterocycles. The predicted octanol–water partition coefficient (Wildman–Crippen LogP) is 3.40. The number of Topliss-reactive ketones (excluding diaryl/α,β-unsaturated/α-hetero) is 2. The molecule has 0 saturated carbocycles. The third-order valence-electron chi connectivity index (χ3n) is 5.84. The predicted molar refractivity (Wildman–Crippen MR) is 116 cm³/mol. The molecule has 0 aromatic heterocycles. The van der Waals surface area contributed by atoms with Gasteiger partial charge in [0.15, 0.2) is 10.8 Å². The number of ketones is 2. The largest absolute Gasteiger partial charge is 0.465 e. The third kappa shape index (κ3) is 2.81. The van der Waals surface area contributed by atoms with Crippen molar-refractivity contribution >= 4 is 29.3 Å². The van der Waals surface area contributed by atoms with Crippen LogP contribution in [0.5, 0.6) is 0 Å². The van der Waals surface area contributed by atoms with Crippen LogP contribution in [0.15, 0.2) is 70.5 Å². The maximum atomic E-state index is 13.6. The fourth-order valence-electron chi connectivity index (χ4n) is 4.45. The van der Waals surface area contributed by atoms with Crippen molar-refractivity contribution in [2.24, 2.45) is 0 Å². The van der Waals surface area contributed by atoms with E-state index in [0.29, 0.717) is 28.5 Å². The highest BCUT2D eigenvalue weighted by molar-refractivity contribution is 8.03. The maximum Gasteiger partial charge on any atom is 0.337 e. The van der Waals surface area contributed by atoms with Crippen LogP contribution >= 0.6 is 11.8 Å². The van der Waals surface area contributed by atoms with Crippen LogP contribution in [0.25, 0.3) is 0 Å². The van der Waals surface area contributed by atoms with Crippen molar-refractivity contribution in [3.8, 4) is 0 Å². The molecular weight excluding hydrogens is 432 g/mol. The fraction of sp³-hybridized carbons (Fsp3) is 0.174. The van der Waals surface area contributed by atoms with Gasteiger partial charge >= 0.3 is 5.97 Å². The van der Waals surface area contributed by atoms with Crippen molar-refractivity contribution in [3.63, 3.8) is 0 Å². The number of rotatable bonds is 3. The number of ether oxygens (including phenoxy) is 1. The molecule has 2 aromatic carbocycles. The summed E-state index contributed by atoms with van der Waals surface area (Å²) in [5.41, 5.74) is 1.47. The first-order valence-corrected chi connectivity index (χ1v) is 10.8. The SMILES string of the molecule is COC(=O)c1ccc(C2C3=C(C(=O)c4ccccc4C3=O)N3CCSC3=C2[N+](=O)[O-])cc1. The van der Waals surface area contributed by atoms with Crippen LogP contribution in [-0.2, 0) is 4.74 Å². The Morgan fingerprint density at radius 3 is 2.38 bits per heavy atom. The van der Waals surface area contributed by atoms with Crippen molar-refractivity contribution in [3.05, 3.63) is 103 Å². The monoisotopic (exact) mass is 448 g/mol. The minimum atomic E-state index is -1.03. The van der Waals surface area contributed by atoms with Crippen molar-refractivity contribution in [1.29, 1.82) is 0 Å². The molecule has 8 nitrogen and oxygen atoms in total. The Kier molecular flexibility index (Phi) is 4.70. The molecular formula is C23H16N2O6S. The molecule has 0 bridgehead atoms. The molecule has 2 heterocycles. The Hall–Kier alpha value is -3.72. The van der Waals surface area contributed by atoms with E-state index >= 15 is 0 Å². The number of nitro groups is 1. The summed E-state index contributed by atoms with van der Waals surface area (Å²) >= 11 is 1.31. The van der Waals surface area contributed by atoms with E-state index in [9.17, 15) is 24.5 Å². The van der Waals surface area contributed by atoms with Crippen LogP contribution in [0, 0.1) is 10.1 Å². The summed E-state index contributed by atoms with van der Waals surface area (Å²) in [6, 6.07) is 12.7. The highest BCUT2D eigenvalue weighted by Crippen LogP contribution is 2.50. The Morgan fingerprint density at radius 1 is 1.09 bits per heavy atom. The quantitative estimate of drug-likeness (QED) is 0.400. The summed E-state index contributed by atoms with van der Waals surface area (Å²) in [7, 11) is 1.26. The van der Waals surface area contributed by atoms with E-state index in [0.717, 1.165) is 0 Å². The molecule has 9 heteroatoms. The Bertz CT molecular complexity index is 1280. The maximum absolute atomic E-state index is 13.6. The molecule has 32 heavy (non-hydrogen) atoms. The fourth-order valence-corrected chi connectivity index (χ4v) is 5.60. The number of carbonyl (C=O) groups excluding carboxylic acids is 3. The van der Waals surface area contributed by atoms with Crippen molar-refractivity contribution < 1.29 is 24.0 Å². The van der Waals surface area contributed by atoms with Crippen molar-refractivity contribution in [1.82, 2.24) is 4.90 Å². The summed E-state index contributed by atoms with van der Waals surface area (Å²) in [6.45, 7) is 0.408. The lowest BCUT2D eigenvalue weighted by Gasteiger charge is -2.35. The molecule has 0 N–H and O–H groups in total. The molecule has 0 spiro atoms. The van der Waals surface area contributed by atoms with E-state index in [4.69, 9.17) is 4.74 Å². The van der Waals surface area contributed by atoms with E-state index in [1.54, 1.807) is 41.3 Å². The molecule has 1 unspecified atom stereocenters. The van der Waals surface area contributed by atoms with Crippen LogP contribution in [0.4, 0.5) is 0 Å². The second kappa shape index (κ2) is 7.45. The molecule has 1 atom stereocenters. The first-order chi connectivity index (χ1) is 15.4. The number of hydrogen-bond acceptors (Lipinski definition) is 8. The van der Waals surface area contributed by atoms with Crippen LogP contribution in [0.1, 0.15) is 42.6 Å². The zero-order valence-corrected chi connectivity index (χ0v) is 17.7. The molecule has 3 aliphatic rings. The second-order valence-corrected chi connectivity index (χ2v) is 8.54. The van der Waals surface area contributed by atoms with Gasteiger partial charge in [0.25, 0.3) is 5.70 Å². The number of fused-ring (bicyclic) bond motifs is 3. The van der Waals surface area contributed by atoms with Gasteiger partial charge < -0.3 is 9.64 Å². The first kappa shape index (κ1) is 20.2. The molecule has 0 amide bonds. The van der Waals surface area contributed by atoms with Crippen LogP contribution in [0.3, 0.4) is 0 Å². The molecule has 1 fully saturated rings. The lowest BCUT2D eigenvalue weighted by Crippen LogP contribution is -2.39. The van der Waals surface area contributed by atoms with E-state index in [1.807, 2.05) is 0 Å². The zero-order valence-electron chi connectivity index (χ0n) is 16.9. The van der Waals surface area contributed by atoms with Gasteiger partial charge in [-0.1, -0.05) is 48.2 Å². The minimum absolute atomic E-state index is 0.109. The number of nitrogens with zero attached hydrogens (tertiary/aromatic N) is 2. The molecule has 0 radical (unpaired) electrons. The van der Waals surface area contributed by atoms with Gasteiger partial charge in [-0.25, -0.2) is 4.79 Å². The number of esters is 1. The lowest BCUT2D eigenvalue weighted by molar-refractivity contribution is -0.430. The van der Waals surface area contributed by atoms with Crippen LogP contribution in [-0.4, -0.2) is 46.8 Å². The Balaban J connectivity index is 1.75. The third-order valence-corrected chi connectivity index (χ3v) is 6.93. The van der Waals surface area contributed by atoms with E-state index < -0.39 is 22.6 Å². The molecule has 2 aliphatic heterocycles. The summed E-state index contributed by atoms with van der Waals surface area (Å²) in [6.07, 6.45) is 0. The topological polar surface area (TPSA) is 107 Å². The number of carbonyl (C=O) groups is 3. The average Bonchev–Trinajstić information content (AvgIpc) is 3.30. The molecule has 160 valence electrons. The second-order valence-electron chi connectivity index (χ2n) is 7.46. The van der Waals surface area contributed by atoms with Gasteiger partial charge in [-0.3, -0.25) is 19.7 Å². The van der Waals surface area contributed by atoms with E-state index in [2.05, 4.69) is 0 Å². The Morgan fingerprint density at radius 2 is 1.75 bits per heavy atom. The summed E-state index contributed by atoms with van der Waals surface area (Å²) in [5.74, 6) is -1.71. The standard InChI is InChI=1S/C23H16N2O6S/c1-31-23(28)13-8-6-12(7-9-13)16-17-18(24-10-11-32-22(24)19(16)25(29)30)21(27)15-5-3-2-4-14(15)20(17)26/h2-9,16H,10-11H2,1H3. The van der Waals surface area contributed by atoms with Crippen molar-refractivity contribution in [2.75, 3.05) is 19.4 Å². The summed E-state index contributed by atoms with van der Waals surface area (Å²) in [5, 5.41) is 12.6. The number of methoxy groups -OCH3 is 1. The van der Waals surface area contributed by atoms with Crippen molar-refractivity contribution in [2.45, 2.75) is 5.92 Å². The molecule has 5 rings (SSSR count). The zero-order chi connectivity index (χ0) is 22.6. The number of thioether (sulfide) groups is 1. The summed E-state index contributed by atoms with van der Waals surface area (Å²) in [4.78, 5) is 52.3. The molecule has 2 aromatic rings. The van der Waals surface area contributed by atoms with Gasteiger partial charge in [0.05, 0.1) is 23.3 Å². The lowest BCUT2D eigenvalue weighted by atomic mass is 9.75. The highest BCUT2D eigenvalue weighted by Gasteiger charge is 2.51. The number of hydrogen-bond donors (Lipinski definition) is 0. The van der Waals surface area contributed by atoms with Crippen LogP contribution in [0.2, 0.25) is 0 Å². The molecule has 1 aliphatic carbocycles.